The molecule has 55 heavy (non-hydrogen) atoms. The van der Waals surface area contributed by atoms with Crippen molar-refractivity contribution in [2.75, 3.05) is 23.8 Å². The largest absolute Gasteiger partial charge is 0.494 e. The Bertz CT molecular complexity index is 1650. The second-order valence-corrected chi connectivity index (χ2v) is 18.7. The Hall–Kier alpha value is -3.36. The SMILES string of the molecule is CCCCCCCCCOc1ccc(NC(=O)C2=CC3=C4CCCC4=C4C=C(C(=O)Nc5ccc(OCCCCCCCCC)cc5)SC4(C)C3(C)S2)cc1. The summed E-state index contributed by atoms with van der Waals surface area (Å²) in [6, 6.07) is 15.4. The van der Waals surface area contributed by atoms with Gasteiger partial charge in [-0.05, 0) is 129 Å². The van der Waals surface area contributed by atoms with Crippen molar-refractivity contribution in [2.24, 2.45) is 0 Å². The number of carbonyl (C=O) groups is 2. The van der Waals surface area contributed by atoms with Gasteiger partial charge in [0.05, 0.1) is 32.5 Å². The lowest BCUT2D eigenvalue weighted by Gasteiger charge is -2.46. The van der Waals surface area contributed by atoms with Gasteiger partial charge in [-0.2, -0.15) is 0 Å². The molecule has 0 saturated heterocycles. The van der Waals surface area contributed by atoms with Crippen molar-refractivity contribution >= 4 is 46.7 Å². The minimum atomic E-state index is -0.399. The molecule has 296 valence electrons. The van der Waals surface area contributed by atoms with E-state index in [0.29, 0.717) is 23.0 Å². The van der Waals surface area contributed by atoms with Gasteiger partial charge in [0.15, 0.2) is 0 Å². The van der Waals surface area contributed by atoms with Gasteiger partial charge in [-0.1, -0.05) is 90.9 Å². The first-order chi connectivity index (χ1) is 26.8. The fraction of sp³-hybridized carbons (Fsp3) is 0.532. The third-order valence-corrected chi connectivity index (χ3v) is 14.9. The first-order valence-corrected chi connectivity index (χ1v) is 22.8. The zero-order chi connectivity index (χ0) is 38.7. The Morgan fingerprint density at radius 1 is 0.564 bits per heavy atom. The monoisotopic (exact) mass is 782 g/mol. The van der Waals surface area contributed by atoms with Crippen molar-refractivity contribution in [1.82, 2.24) is 0 Å². The molecule has 1 saturated carbocycles. The minimum Gasteiger partial charge on any atom is -0.494 e. The number of unbranched alkanes of at least 4 members (excludes halogenated alkanes) is 12. The molecule has 0 spiro atoms. The van der Waals surface area contributed by atoms with Crippen molar-refractivity contribution in [3.63, 3.8) is 0 Å². The molecule has 2 aliphatic carbocycles. The van der Waals surface area contributed by atoms with Gasteiger partial charge < -0.3 is 20.1 Å². The molecule has 2 unspecified atom stereocenters. The lowest BCUT2D eigenvalue weighted by molar-refractivity contribution is -0.113. The predicted molar refractivity (Wildman–Crippen MR) is 233 cm³/mol. The Labute approximate surface area is 338 Å². The molecule has 0 bridgehead atoms. The number of thioether (sulfide) groups is 2. The van der Waals surface area contributed by atoms with Gasteiger partial charge in [0.2, 0.25) is 0 Å². The van der Waals surface area contributed by atoms with E-state index in [4.69, 9.17) is 9.47 Å². The first-order valence-electron chi connectivity index (χ1n) is 21.1. The number of fused-ring (bicyclic) bond motifs is 4. The number of nitrogens with one attached hydrogen (secondary N) is 2. The average molecular weight is 783 g/mol. The lowest BCUT2D eigenvalue weighted by atomic mass is 9.72. The van der Waals surface area contributed by atoms with Crippen molar-refractivity contribution in [3.05, 3.63) is 92.8 Å². The summed E-state index contributed by atoms with van der Waals surface area (Å²) in [7, 11) is 0. The van der Waals surface area contributed by atoms with E-state index < -0.39 is 9.49 Å². The fourth-order valence-electron chi connectivity index (χ4n) is 8.32. The number of hydrogen-bond acceptors (Lipinski definition) is 6. The molecule has 2 aromatic rings. The first kappa shape index (κ1) is 41.3. The van der Waals surface area contributed by atoms with Gasteiger partial charge in [0, 0.05) is 11.4 Å². The quantitative estimate of drug-likeness (QED) is 0.116. The number of amides is 2. The molecule has 2 amide bonds. The van der Waals surface area contributed by atoms with E-state index in [-0.39, 0.29) is 11.8 Å². The summed E-state index contributed by atoms with van der Waals surface area (Å²) in [5.74, 6) is 1.46. The Morgan fingerprint density at radius 2 is 0.927 bits per heavy atom. The summed E-state index contributed by atoms with van der Waals surface area (Å²) in [6.45, 7) is 10.4. The van der Waals surface area contributed by atoms with Crippen molar-refractivity contribution in [3.8, 4) is 11.5 Å². The molecule has 2 N–H and O–H groups in total. The molecule has 8 heteroatoms. The maximum absolute atomic E-state index is 13.8. The summed E-state index contributed by atoms with van der Waals surface area (Å²) < 4.78 is 11.2. The average Bonchev–Trinajstić information content (AvgIpc) is 3.91. The molecule has 6 nitrogen and oxygen atoms in total. The lowest BCUT2D eigenvalue weighted by Crippen LogP contribution is -2.47. The van der Waals surface area contributed by atoms with E-state index in [9.17, 15) is 9.59 Å². The number of hydrogen-bond donors (Lipinski definition) is 2. The topological polar surface area (TPSA) is 76.7 Å². The van der Waals surface area contributed by atoms with Gasteiger partial charge in [-0.25, -0.2) is 0 Å². The Morgan fingerprint density at radius 3 is 1.31 bits per heavy atom. The van der Waals surface area contributed by atoms with Crippen LogP contribution in [-0.4, -0.2) is 34.5 Å². The Kier molecular flexibility index (Phi) is 14.8. The molecule has 4 aliphatic rings. The highest BCUT2D eigenvalue weighted by Gasteiger charge is 2.60. The van der Waals surface area contributed by atoms with Crippen molar-refractivity contribution < 1.29 is 19.1 Å². The standard InChI is InChI=1S/C47H62N2O4S2/c1-5-7-9-11-13-15-17-30-52-36-26-22-34(23-27-36)48-44(50)42-32-40-38-20-19-21-39(38)41-33-43(55-47(41,4)46(40,3)54-42)45(51)49-35-24-28-37(29-25-35)53-31-18-16-14-12-10-8-6-2/h22-29,32-33H,5-21,30-31H2,1-4H3,(H,48,50)(H,49,51). The summed E-state index contributed by atoms with van der Waals surface area (Å²) in [4.78, 5) is 29.0. The minimum absolute atomic E-state index is 0.0982. The highest BCUT2D eigenvalue weighted by atomic mass is 32.2. The third kappa shape index (κ3) is 9.97. The van der Waals surface area contributed by atoms with E-state index in [1.54, 1.807) is 23.5 Å². The number of carbonyl (C=O) groups excluding carboxylic acids is 2. The van der Waals surface area contributed by atoms with Gasteiger partial charge >= 0.3 is 0 Å². The fourth-order valence-corrected chi connectivity index (χ4v) is 11.3. The molecule has 0 radical (unpaired) electrons. The van der Waals surface area contributed by atoms with Crippen LogP contribution in [-0.2, 0) is 9.59 Å². The van der Waals surface area contributed by atoms with Crippen LogP contribution in [0.15, 0.2) is 92.8 Å². The second kappa shape index (κ2) is 19.7. The van der Waals surface area contributed by atoms with Crippen LogP contribution in [0.2, 0.25) is 0 Å². The number of anilines is 2. The van der Waals surface area contributed by atoms with Gasteiger partial charge in [-0.15, -0.1) is 23.5 Å². The highest BCUT2D eigenvalue weighted by molar-refractivity contribution is 8.10. The summed E-state index contributed by atoms with van der Waals surface area (Å²) in [6.07, 6.45) is 24.9. The maximum Gasteiger partial charge on any atom is 0.262 e. The van der Waals surface area contributed by atoms with E-state index >= 15 is 0 Å². The Balaban J connectivity index is 1.02. The highest BCUT2D eigenvalue weighted by Crippen LogP contribution is 2.68. The van der Waals surface area contributed by atoms with E-state index in [1.807, 2.05) is 48.5 Å². The molecular weight excluding hydrogens is 721 g/mol. The molecule has 2 atom stereocenters. The summed E-state index contributed by atoms with van der Waals surface area (Å²) >= 11 is 3.28. The zero-order valence-corrected chi connectivity index (χ0v) is 35.3. The van der Waals surface area contributed by atoms with Crippen molar-refractivity contribution in [1.29, 1.82) is 0 Å². The van der Waals surface area contributed by atoms with E-state index in [0.717, 1.165) is 55.0 Å². The number of allylic oxidation sites excluding steroid dienone is 4. The predicted octanol–water partition coefficient (Wildman–Crippen LogP) is 13.1. The van der Waals surface area contributed by atoms with Gasteiger partial charge in [-0.3, -0.25) is 9.59 Å². The molecule has 2 heterocycles. The smallest absolute Gasteiger partial charge is 0.262 e. The van der Waals surface area contributed by atoms with Crippen LogP contribution in [0.25, 0.3) is 0 Å². The summed E-state index contributed by atoms with van der Waals surface area (Å²) in [5, 5.41) is 6.28. The van der Waals surface area contributed by atoms with E-state index in [2.05, 4.69) is 50.5 Å². The zero-order valence-electron chi connectivity index (χ0n) is 33.7. The third-order valence-electron chi connectivity index (χ3n) is 11.7. The van der Waals surface area contributed by atoms with Crippen LogP contribution in [0.4, 0.5) is 11.4 Å². The summed E-state index contributed by atoms with van der Waals surface area (Å²) in [5.41, 5.74) is 6.71. The molecule has 6 rings (SSSR count). The van der Waals surface area contributed by atoms with Crippen LogP contribution in [0.5, 0.6) is 11.5 Å². The number of rotatable bonds is 22. The second-order valence-electron chi connectivity index (χ2n) is 15.8. The van der Waals surface area contributed by atoms with Gasteiger partial charge in [0.25, 0.3) is 11.8 Å². The number of benzene rings is 2. The van der Waals surface area contributed by atoms with Crippen LogP contribution < -0.4 is 20.1 Å². The molecule has 2 aromatic carbocycles. The molecule has 2 aliphatic heterocycles. The molecule has 1 fully saturated rings. The molecule has 0 aromatic heterocycles. The number of ether oxygens (including phenoxy) is 2. The molecular formula is C47H62N2O4S2. The maximum atomic E-state index is 13.8. The van der Waals surface area contributed by atoms with Crippen LogP contribution in [0.1, 0.15) is 137 Å². The van der Waals surface area contributed by atoms with Crippen LogP contribution >= 0.6 is 23.5 Å². The van der Waals surface area contributed by atoms with Crippen molar-refractivity contribution in [2.45, 2.75) is 146 Å². The van der Waals surface area contributed by atoms with E-state index in [1.165, 1.54) is 99.3 Å². The van der Waals surface area contributed by atoms with Crippen LogP contribution in [0, 0.1) is 0 Å². The normalized spacial score (nSPS) is 21.2. The van der Waals surface area contributed by atoms with Gasteiger partial charge in [0.1, 0.15) is 11.5 Å². The van der Waals surface area contributed by atoms with Crippen LogP contribution in [0.3, 0.4) is 0 Å².